The third-order valence-corrected chi connectivity index (χ3v) is 3.67. The number of benzene rings is 1. The molecular formula is C17H23NO4. The molecule has 0 radical (unpaired) electrons. The second-order valence-electron chi connectivity index (χ2n) is 6.61. The Morgan fingerprint density at radius 1 is 1.18 bits per heavy atom. The quantitative estimate of drug-likeness (QED) is 0.901. The van der Waals surface area contributed by atoms with Crippen molar-refractivity contribution in [2.75, 3.05) is 6.54 Å². The van der Waals surface area contributed by atoms with Crippen molar-refractivity contribution in [3.8, 4) is 0 Å². The van der Waals surface area contributed by atoms with Gasteiger partial charge in [0.25, 0.3) is 0 Å². The molecular weight excluding hydrogens is 282 g/mol. The molecule has 0 aromatic heterocycles. The number of carbonyl (C=O) groups excluding carboxylic acids is 1. The van der Waals surface area contributed by atoms with Gasteiger partial charge in [-0.15, -0.1) is 0 Å². The summed E-state index contributed by atoms with van der Waals surface area (Å²) in [5.74, 6) is -0.945. The standard InChI is InChI=1S/C17H23NO4/c1-17(2,3)22-16(21)18-11-5-4-6-14(18)12-7-9-13(10-8-12)15(19)20/h7-10,14H,4-6,11H2,1-3H3,(H,19,20). The number of aromatic carboxylic acids is 1. The highest BCUT2D eigenvalue weighted by Gasteiger charge is 2.31. The lowest BCUT2D eigenvalue weighted by Gasteiger charge is -2.37. The van der Waals surface area contributed by atoms with Crippen molar-refractivity contribution < 1.29 is 19.4 Å². The van der Waals surface area contributed by atoms with Gasteiger partial charge in [0.2, 0.25) is 0 Å². The topological polar surface area (TPSA) is 66.8 Å². The van der Waals surface area contributed by atoms with Crippen LogP contribution in [0.25, 0.3) is 0 Å². The zero-order valence-corrected chi connectivity index (χ0v) is 13.3. The molecule has 5 nitrogen and oxygen atoms in total. The Morgan fingerprint density at radius 3 is 2.36 bits per heavy atom. The van der Waals surface area contributed by atoms with Crippen LogP contribution >= 0.6 is 0 Å². The third kappa shape index (κ3) is 4.00. The number of likely N-dealkylation sites (tertiary alicyclic amines) is 1. The van der Waals surface area contributed by atoms with Crippen LogP contribution < -0.4 is 0 Å². The molecule has 1 heterocycles. The first-order valence-electron chi connectivity index (χ1n) is 7.61. The molecule has 1 unspecified atom stereocenters. The number of carbonyl (C=O) groups is 2. The smallest absolute Gasteiger partial charge is 0.410 e. The minimum atomic E-state index is -0.945. The van der Waals surface area contributed by atoms with E-state index < -0.39 is 11.6 Å². The van der Waals surface area contributed by atoms with E-state index in [1.54, 1.807) is 29.2 Å². The highest BCUT2D eigenvalue weighted by Crippen LogP contribution is 2.32. The van der Waals surface area contributed by atoms with Crippen LogP contribution in [-0.4, -0.2) is 34.2 Å². The van der Waals surface area contributed by atoms with Crippen LogP contribution in [0.15, 0.2) is 24.3 Å². The van der Waals surface area contributed by atoms with E-state index >= 15 is 0 Å². The second kappa shape index (κ2) is 6.38. The predicted molar refractivity (Wildman–Crippen MR) is 82.9 cm³/mol. The van der Waals surface area contributed by atoms with E-state index in [0.29, 0.717) is 6.54 Å². The zero-order valence-electron chi connectivity index (χ0n) is 13.3. The second-order valence-corrected chi connectivity index (χ2v) is 6.61. The van der Waals surface area contributed by atoms with Crippen molar-refractivity contribution in [3.63, 3.8) is 0 Å². The maximum atomic E-state index is 12.4. The lowest BCUT2D eigenvalue weighted by molar-refractivity contribution is 0.00948. The van der Waals surface area contributed by atoms with E-state index in [4.69, 9.17) is 9.84 Å². The number of piperidine rings is 1. The molecule has 0 saturated carbocycles. The van der Waals surface area contributed by atoms with Gasteiger partial charge in [-0.2, -0.15) is 0 Å². The third-order valence-electron chi connectivity index (χ3n) is 3.67. The Morgan fingerprint density at radius 2 is 1.82 bits per heavy atom. The van der Waals surface area contributed by atoms with Gasteiger partial charge in [-0.1, -0.05) is 12.1 Å². The molecule has 1 aliphatic heterocycles. The summed E-state index contributed by atoms with van der Waals surface area (Å²) in [7, 11) is 0. The number of hydrogen-bond donors (Lipinski definition) is 1. The summed E-state index contributed by atoms with van der Waals surface area (Å²) in [5, 5.41) is 8.97. The summed E-state index contributed by atoms with van der Waals surface area (Å²) >= 11 is 0. The van der Waals surface area contributed by atoms with Crippen LogP contribution in [0.5, 0.6) is 0 Å². The van der Waals surface area contributed by atoms with Crippen molar-refractivity contribution in [1.29, 1.82) is 0 Å². The van der Waals surface area contributed by atoms with Gasteiger partial charge in [0.1, 0.15) is 5.60 Å². The Labute approximate surface area is 130 Å². The van der Waals surface area contributed by atoms with Gasteiger partial charge in [-0.25, -0.2) is 9.59 Å². The van der Waals surface area contributed by atoms with Crippen molar-refractivity contribution >= 4 is 12.1 Å². The summed E-state index contributed by atoms with van der Waals surface area (Å²) in [6.45, 7) is 6.22. The monoisotopic (exact) mass is 305 g/mol. The number of carboxylic acid groups (broad SMARTS) is 1. The van der Waals surface area contributed by atoms with Crippen LogP contribution in [0, 0.1) is 0 Å². The number of nitrogens with zero attached hydrogens (tertiary/aromatic N) is 1. The summed E-state index contributed by atoms with van der Waals surface area (Å²) < 4.78 is 5.48. The van der Waals surface area contributed by atoms with Gasteiger partial charge in [0.15, 0.2) is 0 Å². The summed E-state index contributed by atoms with van der Waals surface area (Å²) in [6, 6.07) is 6.69. The van der Waals surface area contributed by atoms with Crippen molar-refractivity contribution in [3.05, 3.63) is 35.4 Å². The summed E-state index contributed by atoms with van der Waals surface area (Å²) in [5.41, 5.74) is 0.686. The van der Waals surface area contributed by atoms with E-state index in [1.165, 1.54) is 0 Å². The van der Waals surface area contributed by atoms with Crippen molar-refractivity contribution in [2.45, 2.75) is 51.7 Å². The van der Waals surface area contributed by atoms with E-state index in [9.17, 15) is 9.59 Å². The zero-order chi connectivity index (χ0) is 16.3. The van der Waals surface area contributed by atoms with Crippen LogP contribution in [0.1, 0.15) is 62.0 Å². The maximum Gasteiger partial charge on any atom is 0.410 e. The van der Waals surface area contributed by atoms with E-state index in [0.717, 1.165) is 24.8 Å². The van der Waals surface area contributed by atoms with Gasteiger partial charge in [-0.3, -0.25) is 0 Å². The van der Waals surface area contributed by atoms with Gasteiger partial charge in [-0.05, 0) is 57.7 Å². The molecule has 1 amide bonds. The Balaban J connectivity index is 2.19. The number of carboxylic acids is 1. The molecule has 1 aromatic rings. The first-order chi connectivity index (χ1) is 10.3. The van der Waals surface area contributed by atoms with Crippen LogP contribution in [0.3, 0.4) is 0 Å². The Kier molecular flexibility index (Phi) is 4.74. The average molecular weight is 305 g/mol. The number of amides is 1. The van der Waals surface area contributed by atoms with Gasteiger partial charge < -0.3 is 14.7 Å². The van der Waals surface area contributed by atoms with E-state index in [-0.39, 0.29) is 17.7 Å². The van der Waals surface area contributed by atoms with Gasteiger partial charge in [0, 0.05) is 6.54 Å². The molecule has 0 spiro atoms. The lowest BCUT2D eigenvalue weighted by Crippen LogP contribution is -2.41. The average Bonchev–Trinajstić information content (AvgIpc) is 2.45. The fourth-order valence-corrected chi connectivity index (χ4v) is 2.67. The molecule has 1 aliphatic rings. The number of hydrogen-bond acceptors (Lipinski definition) is 3. The van der Waals surface area contributed by atoms with E-state index in [2.05, 4.69) is 0 Å². The highest BCUT2D eigenvalue weighted by molar-refractivity contribution is 5.87. The molecule has 1 N–H and O–H groups in total. The largest absolute Gasteiger partial charge is 0.478 e. The van der Waals surface area contributed by atoms with Crippen molar-refractivity contribution in [1.82, 2.24) is 4.90 Å². The maximum absolute atomic E-state index is 12.4. The minimum absolute atomic E-state index is 0.0496. The van der Waals surface area contributed by atoms with Gasteiger partial charge in [0.05, 0.1) is 11.6 Å². The lowest BCUT2D eigenvalue weighted by atomic mass is 9.95. The fraction of sp³-hybridized carbons (Fsp3) is 0.529. The number of ether oxygens (including phenoxy) is 1. The fourth-order valence-electron chi connectivity index (χ4n) is 2.67. The van der Waals surface area contributed by atoms with Crippen molar-refractivity contribution in [2.24, 2.45) is 0 Å². The Bertz CT molecular complexity index is 545. The molecule has 120 valence electrons. The highest BCUT2D eigenvalue weighted by atomic mass is 16.6. The molecule has 1 atom stereocenters. The molecule has 22 heavy (non-hydrogen) atoms. The molecule has 1 aromatic carbocycles. The molecule has 5 heteroatoms. The van der Waals surface area contributed by atoms with Gasteiger partial charge >= 0.3 is 12.1 Å². The summed E-state index contributed by atoms with van der Waals surface area (Å²) in [6.07, 6.45) is 2.57. The van der Waals surface area contributed by atoms with E-state index in [1.807, 2.05) is 20.8 Å². The predicted octanol–water partition coefficient (Wildman–Crippen LogP) is 3.85. The van der Waals surface area contributed by atoms with Crippen LogP contribution in [0.2, 0.25) is 0 Å². The Hall–Kier alpha value is -2.04. The summed E-state index contributed by atoms with van der Waals surface area (Å²) in [4.78, 5) is 25.1. The molecule has 1 fully saturated rings. The molecule has 0 bridgehead atoms. The minimum Gasteiger partial charge on any atom is -0.478 e. The SMILES string of the molecule is CC(C)(C)OC(=O)N1CCCCC1c1ccc(C(=O)O)cc1. The van der Waals surface area contributed by atoms with Crippen LogP contribution in [-0.2, 0) is 4.74 Å². The van der Waals surface area contributed by atoms with Crippen LogP contribution in [0.4, 0.5) is 4.79 Å². The first kappa shape index (κ1) is 16.3. The first-order valence-corrected chi connectivity index (χ1v) is 7.61. The molecule has 2 rings (SSSR count). The number of rotatable bonds is 2. The molecule has 1 saturated heterocycles. The molecule has 0 aliphatic carbocycles. The normalized spacial score (nSPS) is 18.9.